The van der Waals surface area contributed by atoms with Gasteiger partial charge in [0.25, 0.3) is 5.91 Å². The van der Waals surface area contributed by atoms with Crippen LogP contribution in [0, 0.1) is 6.92 Å². The molecule has 0 aliphatic heterocycles. The van der Waals surface area contributed by atoms with E-state index in [2.05, 4.69) is 20.6 Å². The Kier molecular flexibility index (Phi) is 6.64. The van der Waals surface area contributed by atoms with Crippen LogP contribution in [0.4, 0.5) is 11.5 Å². The van der Waals surface area contributed by atoms with Gasteiger partial charge in [-0.2, -0.15) is 0 Å². The molecule has 2 aromatic carbocycles. The Balaban J connectivity index is 1.71. The summed E-state index contributed by atoms with van der Waals surface area (Å²) in [6.07, 6.45) is 0.346. The van der Waals surface area contributed by atoms with Crippen LogP contribution in [0.15, 0.2) is 48.5 Å². The molecule has 0 spiro atoms. The molecule has 154 valence electrons. The van der Waals surface area contributed by atoms with E-state index in [0.717, 1.165) is 5.56 Å². The second kappa shape index (κ2) is 9.37. The highest BCUT2D eigenvalue weighted by Crippen LogP contribution is 2.19. The van der Waals surface area contributed by atoms with E-state index in [-0.39, 0.29) is 12.3 Å². The van der Waals surface area contributed by atoms with Gasteiger partial charge in [0, 0.05) is 41.0 Å². The third-order valence-corrected chi connectivity index (χ3v) is 4.76. The highest BCUT2D eigenvalue weighted by molar-refractivity contribution is 6.30. The van der Waals surface area contributed by atoms with Gasteiger partial charge in [0.1, 0.15) is 11.6 Å². The lowest BCUT2D eigenvalue weighted by molar-refractivity contribution is -0.136. The van der Waals surface area contributed by atoms with Gasteiger partial charge in [0.05, 0.1) is 6.42 Å². The first kappa shape index (κ1) is 21.3. The summed E-state index contributed by atoms with van der Waals surface area (Å²) in [4.78, 5) is 32.3. The Hall–Kier alpha value is -3.45. The van der Waals surface area contributed by atoms with Crippen LogP contribution in [0.5, 0.6) is 0 Å². The van der Waals surface area contributed by atoms with Gasteiger partial charge in [-0.3, -0.25) is 9.59 Å². The van der Waals surface area contributed by atoms with E-state index in [1.54, 1.807) is 38.2 Å². The summed E-state index contributed by atoms with van der Waals surface area (Å²) < 4.78 is 0. The van der Waals surface area contributed by atoms with Crippen LogP contribution in [0.3, 0.4) is 0 Å². The van der Waals surface area contributed by atoms with Gasteiger partial charge in [0.2, 0.25) is 0 Å². The Labute approximate surface area is 179 Å². The number of nitrogens with zero attached hydrogens (tertiary/aromatic N) is 2. The number of halogens is 1. The number of anilines is 2. The minimum atomic E-state index is -0.929. The molecule has 1 heterocycles. The number of rotatable bonds is 7. The summed E-state index contributed by atoms with van der Waals surface area (Å²) >= 11 is 5.85. The predicted molar refractivity (Wildman–Crippen MR) is 116 cm³/mol. The summed E-state index contributed by atoms with van der Waals surface area (Å²) in [5.74, 6) is -0.0380. The Morgan fingerprint density at radius 2 is 1.70 bits per heavy atom. The number of aryl methyl sites for hydroxylation is 1. The molecule has 0 saturated heterocycles. The maximum Gasteiger partial charge on any atom is 0.308 e. The molecule has 0 atom stereocenters. The lowest BCUT2D eigenvalue weighted by Crippen LogP contribution is -2.12. The average Bonchev–Trinajstić information content (AvgIpc) is 2.71. The smallest absolute Gasteiger partial charge is 0.308 e. The van der Waals surface area contributed by atoms with E-state index >= 15 is 0 Å². The number of aliphatic carboxylic acids is 1. The monoisotopic (exact) mass is 424 g/mol. The zero-order valence-corrected chi connectivity index (χ0v) is 17.3. The first-order valence-electron chi connectivity index (χ1n) is 9.27. The maximum absolute atomic E-state index is 12.3. The molecule has 0 aliphatic carbocycles. The van der Waals surface area contributed by atoms with E-state index in [9.17, 15) is 9.59 Å². The quantitative estimate of drug-likeness (QED) is 0.530. The van der Waals surface area contributed by atoms with E-state index in [1.165, 1.54) is 0 Å². The molecule has 1 amide bonds. The Bertz CT molecular complexity index is 1070. The van der Waals surface area contributed by atoms with Crippen LogP contribution >= 0.6 is 11.6 Å². The number of hydrogen-bond acceptors (Lipinski definition) is 5. The van der Waals surface area contributed by atoms with Crippen molar-refractivity contribution in [3.63, 3.8) is 0 Å². The second-order valence-corrected chi connectivity index (χ2v) is 7.14. The number of carboxylic acids is 1. The van der Waals surface area contributed by atoms with Crippen LogP contribution in [0.25, 0.3) is 0 Å². The van der Waals surface area contributed by atoms with Crippen LogP contribution in [-0.2, 0) is 17.6 Å². The maximum atomic E-state index is 12.3. The Morgan fingerprint density at radius 1 is 1.03 bits per heavy atom. The van der Waals surface area contributed by atoms with Crippen molar-refractivity contribution in [2.24, 2.45) is 0 Å². The number of benzene rings is 2. The fourth-order valence-corrected chi connectivity index (χ4v) is 3.12. The van der Waals surface area contributed by atoms with E-state index < -0.39 is 5.97 Å². The number of aromatic nitrogens is 2. The first-order valence-corrected chi connectivity index (χ1v) is 9.65. The van der Waals surface area contributed by atoms with E-state index in [0.29, 0.717) is 45.6 Å². The Morgan fingerprint density at radius 3 is 2.30 bits per heavy atom. The van der Waals surface area contributed by atoms with E-state index in [1.807, 2.05) is 24.3 Å². The molecule has 0 aliphatic rings. The highest BCUT2D eigenvalue weighted by atomic mass is 35.5. The summed E-state index contributed by atoms with van der Waals surface area (Å²) in [5, 5.41) is 15.4. The van der Waals surface area contributed by atoms with Gasteiger partial charge in [-0.1, -0.05) is 23.7 Å². The van der Waals surface area contributed by atoms with Crippen molar-refractivity contribution in [3.8, 4) is 0 Å². The molecule has 7 nitrogen and oxygen atoms in total. The SMILES string of the molecule is CNc1nc(Cc2ccc(NC(=O)c3ccc(Cl)cc3)cc2)nc(C)c1CC(=O)O. The third kappa shape index (κ3) is 5.33. The molecule has 8 heteroatoms. The zero-order valence-electron chi connectivity index (χ0n) is 16.6. The number of amides is 1. The van der Waals surface area contributed by atoms with Crippen molar-refractivity contribution in [2.45, 2.75) is 19.8 Å². The normalized spacial score (nSPS) is 10.5. The van der Waals surface area contributed by atoms with Crippen LogP contribution in [0.2, 0.25) is 5.02 Å². The molecule has 0 fully saturated rings. The number of nitrogens with one attached hydrogen (secondary N) is 2. The third-order valence-electron chi connectivity index (χ3n) is 4.51. The van der Waals surface area contributed by atoms with E-state index in [4.69, 9.17) is 16.7 Å². The second-order valence-electron chi connectivity index (χ2n) is 6.71. The number of carbonyl (C=O) groups is 2. The molecular weight excluding hydrogens is 404 g/mol. The molecule has 30 heavy (non-hydrogen) atoms. The van der Waals surface area contributed by atoms with Crippen molar-refractivity contribution in [1.29, 1.82) is 0 Å². The standard InChI is InChI=1S/C22H21ClN4O3/c1-13-18(12-20(28)29)21(24-2)27-19(25-13)11-14-3-9-17(10-4-14)26-22(30)15-5-7-16(23)8-6-15/h3-10H,11-12H2,1-2H3,(H,26,30)(H,28,29)(H,24,25,27). The van der Waals surface area contributed by atoms with Gasteiger partial charge in [0.15, 0.2) is 0 Å². The minimum Gasteiger partial charge on any atom is -0.481 e. The van der Waals surface area contributed by atoms with Crippen molar-refractivity contribution >= 4 is 35.0 Å². The molecule has 3 N–H and O–H groups in total. The molecule has 3 aromatic rings. The van der Waals surface area contributed by atoms with Crippen molar-refractivity contribution in [3.05, 3.63) is 81.8 Å². The summed E-state index contributed by atoms with van der Waals surface area (Å²) in [7, 11) is 1.70. The van der Waals surface area contributed by atoms with Crippen LogP contribution in [-0.4, -0.2) is 34.0 Å². The topological polar surface area (TPSA) is 104 Å². The summed E-state index contributed by atoms with van der Waals surface area (Å²) in [6.45, 7) is 1.78. The molecule has 3 rings (SSSR count). The zero-order chi connectivity index (χ0) is 21.7. The van der Waals surface area contributed by atoms with Gasteiger partial charge in [-0.25, -0.2) is 9.97 Å². The van der Waals surface area contributed by atoms with Crippen molar-refractivity contribution < 1.29 is 14.7 Å². The largest absolute Gasteiger partial charge is 0.481 e. The predicted octanol–water partition coefficient (Wildman–Crippen LogP) is 3.95. The molecule has 0 radical (unpaired) electrons. The highest BCUT2D eigenvalue weighted by Gasteiger charge is 2.14. The summed E-state index contributed by atoms with van der Waals surface area (Å²) in [5.41, 5.74) is 3.37. The number of hydrogen-bond donors (Lipinski definition) is 3. The fourth-order valence-electron chi connectivity index (χ4n) is 3.00. The van der Waals surface area contributed by atoms with Crippen LogP contribution in [0.1, 0.15) is 33.0 Å². The van der Waals surface area contributed by atoms with Gasteiger partial charge in [-0.15, -0.1) is 0 Å². The number of carboxylic acid groups (broad SMARTS) is 1. The molecule has 0 saturated carbocycles. The fraction of sp³-hybridized carbons (Fsp3) is 0.182. The number of carbonyl (C=O) groups excluding carboxylic acids is 1. The van der Waals surface area contributed by atoms with Crippen molar-refractivity contribution in [1.82, 2.24) is 9.97 Å². The lowest BCUT2D eigenvalue weighted by Gasteiger charge is -2.12. The van der Waals surface area contributed by atoms with Gasteiger partial charge >= 0.3 is 5.97 Å². The molecule has 0 unspecified atom stereocenters. The minimum absolute atomic E-state index is 0.135. The first-order chi connectivity index (χ1) is 14.4. The molecule has 1 aromatic heterocycles. The lowest BCUT2D eigenvalue weighted by atomic mass is 10.1. The van der Waals surface area contributed by atoms with Gasteiger partial charge < -0.3 is 15.7 Å². The molecule has 0 bridgehead atoms. The van der Waals surface area contributed by atoms with Crippen LogP contribution < -0.4 is 10.6 Å². The van der Waals surface area contributed by atoms with Crippen molar-refractivity contribution in [2.75, 3.05) is 17.7 Å². The van der Waals surface area contributed by atoms with Gasteiger partial charge in [-0.05, 0) is 48.9 Å². The average molecular weight is 425 g/mol. The molecular formula is C22H21ClN4O3. The summed E-state index contributed by atoms with van der Waals surface area (Å²) in [6, 6.07) is 14.1.